The Morgan fingerprint density at radius 1 is 1.07 bits per heavy atom. The molecule has 10 heteroatoms. The lowest BCUT2D eigenvalue weighted by Crippen LogP contribution is -2.48. The second-order valence-corrected chi connectivity index (χ2v) is 14.4. The number of hydrogen-bond acceptors (Lipinski definition) is 8. The molecule has 10 nitrogen and oxygen atoms in total. The monoisotopic (exact) mass is 623 g/mol. The van der Waals surface area contributed by atoms with Gasteiger partial charge >= 0.3 is 11.9 Å². The Morgan fingerprint density at radius 2 is 1.84 bits per heavy atom. The minimum Gasteiger partial charge on any atom is -0.497 e. The van der Waals surface area contributed by atoms with Crippen LogP contribution in [0.25, 0.3) is 11.0 Å². The van der Waals surface area contributed by atoms with E-state index in [0.29, 0.717) is 23.6 Å². The molecule has 0 bridgehead atoms. The van der Waals surface area contributed by atoms with Crippen molar-refractivity contribution in [1.82, 2.24) is 14.9 Å². The number of ether oxygens (including phenoxy) is 3. The summed E-state index contributed by atoms with van der Waals surface area (Å²) in [5, 5.41) is 10.2. The Hall–Kier alpha value is -3.43. The van der Waals surface area contributed by atoms with Crippen LogP contribution in [0.2, 0.25) is 0 Å². The maximum atomic E-state index is 13.9. The normalized spacial score (nSPS) is 26.4. The third kappa shape index (κ3) is 7.36. The minimum atomic E-state index is -1.11. The van der Waals surface area contributed by atoms with Crippen molar-refractivity contribution in [2.24, 2.45) is 35.0 Å². The van der Waals surface area contributed by atoms with Crippen LogP contribution in [0, 0.1) is 35.0 Å². The van der Waals surface area contributed by atoms with Gasteiger partial charge in [-0.25, -0.2) is 14.8 Å². The van der Waals surface area contributed by atoms with Gasteiger partial charge in [-0.15, -0.1) is 0 Å². The number of carbonyl (C=O) groups is 3. The fraction of sp³-hybridized carbons (Fsp3) is 0.686. The molecule has 2 saturated carbocycles. The van der Waals surface area contributed by atoms with Crippen molar-refractivity contribution >= 4 is 28.9 Å². The SMILES string of the molecule is COC(=O)C[C@H](C(=O)N1C[C@H](Oc2nc3cc(OC)ccc3nc2CCCCC[C@H]2CC[C@@H]3C[C@H]23)[C@@H](C)[C@H]1C(=O)O)C(C)(C)C. The summed E-state index contributed by atoms with van der Waals surface area (Å²) in [5.41, 5.74) is 1.50. The first kappa shape index (κ1) is 32.9. The lowest BCUT2D eigenvalue weighted by molar-refractivity contribution is -0.155. The van der Waals surface area contributed by atoms with Crippen molar-refractivity contribution < 1.29 is 33.7 Å². The molecule has 0 radical (unpaired) electrons. The van der Waals surface area contributed by atoms with Gasteiger partial charge in [0.15, 0.2) is 0 Å². The number of aliphatic carboxylic acids is 1. The molecule has 1 saturated heterocycles. The maximum absolute atomic E-state index is 13.9. The van der Waals surface area contributed by atoms with Crippen molar-refractivity contribution in [2.45, 2.75) is 97.6 Å². The van der Waals surface area contributed by atoms with E-state index in [1.54, 1.807) is 20.1 Å². The molecular weight excluding hydrogens is 574 g/mol. The topological polar surface area (TPSA) is 128 Å². The standard InChI is InChI=1S/C35H49N3O7/c1-20-29(19-38(31(20)34(41)42)33(40)25(35(2,3)4)18-30(39)44-6)45-32-27(36-26-15-14-23(43-5)17-28(26)37-32)11-9-7-8-10-21-12-13-22-16-24(21)22/h14-15,17,20-22,24-25,29,31H,7-13,16,18-19H2,1-6H3,(H,41,42)/t20-,21+,22-,24-,25-,29+,31+/m1/s1. The summed E-state index contributed by atoms with van der Waals surface area (Å²) in [4.78, 5) is 49.8. The summed E-state index contributed by atoms with van der Waals surface area (Å²) >= 11 is 0. The minimum absolute atomic E-state index is 0.0610. The van der Waals surface area contributed by atoms with E-state index in [-0.39, 0.29) is 13.0 Å². The molecule has 2 aromatic rings. The lowest BCUT2D eigenvalue weighted by Gasteiger charge is -2.34. The molecule has 7 atom stereocenters. The lowest BCUT2D eigenvalue weighted by atomic mass is 9.77. The van der Waals surface area contributed by atoms with Gasteiger partial charge in [0.1, 0.15) is 23.6 Å². The van der Waals surface area contributed by atoms with E-state index in [1.807, 2.05) is 32.9 Å². The molecule has 3 fully saturated rings. The van der Waals surface area contributed by atoms with Crippen molar-refractivity contribution in [2.75, 3.05) is 20.8 Å². The largest absolute Gasteiger partial charge is 0.497 e. The zero-order valence-corrected chi connectivity index (χ0v) is 27.6. The van der Waals surface area contributed by atoms with Gasteiger partial charge in [-0.2, -0.15) is 0 Å². The highest BCUT2D eigenvalue weighted by Crippen LogP contribution is 2.56. The van der Waals surface area contributed by atoms with E-state index < -0.39 is 47.2 Å². The fourth-order valence-electron chi connectivity index (χ4n) is 7.54. The molecule has 246 valence electrons. The molecule has 2 heterocycles. The van der Waals surface area contributed by atoms with Crippen LogP contribution in [0.1, 0.15) is 84.8 Å². The summed E-state index contributed by atoms with van der Waals surface area (Å²) in [6.45, 7) is 7.44. The molecule has 1 N–H and O–H groups in total. The highest BCUT2D eigenvalue weighted by atomic mass is 16.5. The van der Waals surface area contributed by atoms with Gasteiger partial charge < -0.3 is 24.2 Å². The number of carbonyl (C=O) groups excluding carboxylic acids is 2. The molecule has 45 heavy (non-hydrogen) atoms. The number of rotatable bonds is 13. The van der Waals surface area contributed by atoms with Gasteiger partial charge in [0.2, 0.25) is 11.8 Å². The smallest absolute Gasteiger partial charge is 0.326 e. The predicted octanol–water partition coefficient (Wildman–Crippen LogP) is 5.69. The van der Waals surface area contributed by atoms with Crippen molar-refractivity contribution in [3.05, 3.63) is 23.9 Å². The summed E-state index contributed by atoms with van der Waals surface area (Å²) in [6, 6.07) is 4.44. The number of likely N-dealkylation sites (tertiary alicyclic amines) is 1. The molecule has 1 aromatic carbocycles. The number of benzene rings is 1. The Morgan fingerprint density at radius 3 is 2.47 bits per heavy atom. The molecule has 1 aliphatic heterocycles. The van der Waals surface area contributed by atoms with Crippen LogP contribution in [-0.2, 0) is 25.5 Å². The first-order chi connectivity index (χ1) is 21.4. The molecule has 2 aliphatic carbocycles. The molecule has 3 aliphatic rings. The Balaban J connectivity index is 1.35. The summed E-state index contributed by atoms with van der Waals surface area (Å²) in [5.74, 6) is 0.624. The number of nitrogens with zero attached hydrogens (tertiary/aromatic N) is 3. The van der Waals surface area contributed by atoms with Crippen molar-refractivity contribution in [3.8, 4) is 11.6 Å². The van der Waals surface area contributed by atoms with Crippen molar-refractivity contribution in [1.29, 1.82) is 0 Å². The number of unbranched alkanes of at least 4 members (excludes halogenated alkanes) is 2. The van der Waals surface area contributed by atoms with Crippen LogP contribution in [0.15, 0.2) is 18.2 Å². The van der Waals surface area contributed by atoms with Gasteiger partial charge in [-0.1, -0.05) is 47.0 Å². The highest BCUT2D eigenvalue weighted by molar-refractivity contribution is 5.89. The molecule has 0 unspecified atom stereocenters. The average Bonchev–Trinajstić information content (AvgIpc) is 3.56. The molecule has 5 rings (SSSR count). The van der Waals surface area contributed by atoms with Crippen LogP contribution < -0.4 is 9.47 Å². The van der Waals surface area contributed by atoms with Gasteiger partial charge in [-0.3, -0.25) is 9.59 Å². The Labute approximate surface area is 266 Å². The van der Waals surface area contributed by atoms with Gasteiger partial charge in [0.05, 0.1) is 44.1 Å². The zero-order valence-electron chi connectivity index (χ0n) is 27.6. The third-order valence-electron chi connectivity index (χ3n) is 10.4. The number of carboxylic acid groups (broad SMARTS) is 1. The highest BCUT2D eigenvalue weighted by Gasteiger charge is 2.50. The van der Waals surface area contributed by atoms with E-state index in [4.69, 9.17) is 24.2 Å². The second kappa shape index (κ2) is 13.5. The van der Waals surface area contributed by atoms with Crippen LogP contribution in [0.3, 0.4) is 0 Å². The van der Waals surface area contributed by atoms with E-state index in [0.717, 1.165) is 41.8 Å². The number of carboxylic acids is 1. The number of aryl methyl sites for hydroxylation is 1. The third-order valence-corrected chi connectivity index (χ3v) is 10.4. The number of aromatic nitrogens is 2. The quantitative estimate of drug-likeness (QED) is 0.221. The number of methoxy groups -OCH3 is 2. The van der Waals surface area contributed by atoms with Crippen molar-refractivity contribution in [3.63, 3.8) is 0 Å². The van der Waals surface area contributed by atoms with E-state index >= 15 is 0 Å². The molecule has 1 amide bonds. The maximum Gasteiger partial charge on any atom is 0.326 e. The number of esters is 1. The predicted molar refractivity (Wildman–Crippen MR) is 169 cm³/mol. The van der Waals surface area contributed by atoms with Gasteiger partial charge in [0, 0.05) is 12.0 Å². The first-order valence-corrected chi connectivity index (χ1v) is 16.5. The number of fused-ring (bicyclic) bond motifs is 2. The summed E-state index contributed by atoms with van der Waals surface area (Å²) in [7, 11) is 2.88. The molecule has 1 aromatic heterocycles. The van der Waals surface area contributed by atoms with Crippen LogP contribution in [0.4, 0.5) is 0 Å². The second-order valence-electron chi connectivity index (χ2n) is 14.4. The fourth-order valence-corrected chi connectivity index (χ4v) is 7.54. The van der Waals surface area contributed by atoms with Gasteiger partial charge in [-0.05, 0) is 67.4 Å². The first-order valence-electron chi connectivity index (χ1n) is 16.5. The van der Waals surface area contributed by atoms with Crippen LogP contribution in [0.5, 0.6) is 11.6 Å². The molecular formula is C35H49N3O7. The number of hydrogen-bond donors (Lipinski definition) is 1. The van der Waals surface area contributed by atoms with Crippen LogP contribution in [-0.4, -0.2) is 70.7 Å². The number of amides is 1. The van der Waals surface area contributed by atoms with E-state index in [2.05, 4.69) is 0 Å². The summed E-state index contributed by atoms with van der Waals surface area (Å²) in [6.07, 6.45) is 8.76. The summed E-state index contributed by atoms with van der Waals surface area (Å²) < 4.78 is 16.8. The molecule has 0 spiro atoms. The Bertz CT molecular complexity index is 1410. The Kier molecular flexibility index (Phi) is 9.89. The van der Waals surface area contributed by atoms with Crippen LogP contribution >= 0.6 is 0 Å². The van der Waals surface area contributed by atoms with E-state index in [1.165, 1.54) is 44.1 Å². The zero-order chi connectivity index (χ0) is 32.5. The van der Waals surface area contributed by atoms with E-state index in [9.17, 15) is 19.5 Å². The van der Waals surface area contributed by atoms with Gasteiger partial charge in [0.25, 0.3) is 0 Å². The average molecular weight is 624 g/mol.